The topological polar surface area (TPSA) is 40.5 Å². The lowest BCUT2D eigenvalue weighted by Crippen LogP contribution is -2.42. The third-order valence-electron chi connectivity index (χ3n) is 2.90. The van der Waals surface area contributed by atoms with Crippen LogP contribution in [-0.2, 0) is 11.3 Å². The van der Waals surface area contributed by atoms with E-state index in [1.165, 1.54) is 6.07 Å². The first-order chi connectivity index (χ1) is 8.70. The van der Waals surface area contributed by atoms with E-state index in [1.54, 1.807) is 12.1 Å². The molecule has 0 heterocycles. The van der Waals surface area contributed by atoms with Crippen molar-refractivity contribution in [2.75, 3.05) is 6.54 Å². The molecule has 1 aromatic rings. The number of nitrogens with zero attached hydrogens (tertiary/aromatic N) is 1. The van der Waals surface area contributed by atoms with Crippen LogP contribution in [0.3, 0.4) is 0 Å². The van der Waals surface area contributed by atoms with Gasteiger partial charge in [-0.3, -0.25) is 9.69 Å². The molecule has 0 aromatic heterocycles. The number of carboxylic acids is 1. The summed E-state index contributed by atoms with van der Waals surface area (Å²) in [6.07, 6.45) is 0.0969. The molecule has 106 valence electrons. The maximum absolute atomic E-state index is 13.2. The summed E-state index contributed by atoms with van der Waals surface area (Å²) >= 11 is 3.16. The van der Waals surface area contributed by atoms with Crippen LogP contribution in [0.25, 0.3) is 0 Å². The summed E-state index contributed by atoms with van der Waals surface area (Å²) in [4.78, 5) is 12.8. The normalized spacial score (nSPS) is 11.9. The van der Waals surface area contributed by atoms with Crippen molar-refractivity contribution >= 4 is 21.9 Å². The van der Waals surface area contributed by atoms with Crippen molar-refractivity contribution in [1.82, 2.24) is 4.90 Å². The Bertz CT molecular complexity index is 457. The highest BCUT2D eigenvalue weighted by molar-refractivity contribution is 9.10. The van der Waals surface area contributed by atoms with Crippen molar-refractivity contribution in [1.29, 1.82) is 0 Å². The summed E-state index contributed by atoms with van der Waals surface area (Å²) in [5.41, 5.74) is 0.810. The number of benzene rings is 1. The van der Waals surface area contributed by atoms with Gasteiger partial charge in [-0.25, -0.2) is 4.39 Å². The lowest BCUT2D eigenvalue weighted by molar-refractivity contribution is -0.137. The average molecular weight is 332 g/mol. The molecule has 1 rings (SSSR count). The van der Waals surface area contributed by atoms with E-state index in [4.69, 9.17) is 5.11 Å². The molecule has 0 bridgehead atoms. The van der Waals surface area contributed by atoms with Gasteiger partial charge in [0.1, 0.15) is 5.82 Å². The molecule has 0 radical (unpaired) electrons. The number of halogens is 2. The minimum absolute atomic E-state index is 0.0969. The van der Waals surface area contributed by atoms with Gasteiger partial charge in [0.15, 0.2) is 0 Å². The Morgan fingerprint density at radius 1 is 1.42 bits per heavy atom. The van der Waals surface area contributed by atoms with Crippen LogP contribution in [-0.4, -0.2) is 28.1 Å². The van der Waals surface area contributed by atoms with Gasteiger partial charge in [0.25, 0.3) is 0 Å². The van der Waals surface area contributed by atoms with Crippen LogP contribution in [0.15, 0.2) is 22.7 Å². The predicted octanol–water partition coefficient (Wildman–Crippen LogP) is 3.66. The molecule has 0 fully saturated rings. The highest BCUT2D eigenvalue weighted by Crippen LogP contribution is 2.21. The van der Waals surface area contributed by atoms with Crippen molar-refractivity contribution in [3.05, 3.63) is 34.1 Å². The molecule has 0 aliphatic heterocycles. The van der Waals surface area contributed by atoms with E-state index in [0.29, 0.717) is 17.6 Å². The van der Waals surface area contributed by atoms with Crippen LogP contribution in [0.4, 0.5) is 4.39 Å². The molecule has 1 N–H and O–H groups in total. The zero-order chi connectivity index (χ0) is 14.6. The molecule has 0 saturated carbocycles. The Morgan fingerprint density at radius 2 is 2.05 bits per heavy atom. The Balaban J connectivity index is 2.81. The van der Waals surface area contributed by atoms with E-state index < -0.39 is 5.97 Å². The second kappa shape index (κ2) is 6.48. The quantitative estimate of drug-likeness (QED) is 0.894. The summed E-state index contributed by atoms with van der Waals surface area (Å²) in [6.45, 7) is 7.16. The van der Waals surface area contributed by atoms with Crippen LogP contribution in [0.5, 0.6) is 0 Å². The second-order valence-corrected chi connectivity index (χ2v) is 6.34. The number of hydrogen-bond acceptors (Lipinski definition) is 2. The first kappa shape index (κ1) is 16.1. The molecular formula is C14H19BrFNO2. The van der Waals surface area contributed by atoms with Gasteiger partial charge in [-0.15, -0.1) is 0 Å². The SMILES string of the molecule is CC(C)(C)N(CCC(=O)O)Cc1ccc(F)c(Br)c1. The van der Waals surface area contributed by atoms with E-state index in [9.17, 15) is 9.18 Å². The largest absolute Gasteiger partial charge is 0.481 e. The lowest BCUT2D eigenvalue weighted by Gasteiger charge is -2.35. The molecule has 0 spiro atoms. The predicted molar refractivity (Wildman–Crippen MR) is 76.5 cm³/mol. The van der Waals surface area contributed by atoms with E-state index in [-0.39, 0.29) is 17.8 Å². The smallest absolute Gasteiger partial charge is 0.304 e. The zero-order valence-electron chi connectivity index (χ0n) is 11.4. The molecular weight excluding hydrogens is 313 g/mol. The van der Waals surface area contributed by atoms with E-state index in [2.05, 4.69) is 20.8 Å². The van der Waals surface area contributed by atoms with Crippen molar-refractivity contribution in [3.8, 4) is 0 Å². The maximum atomic E-state index is 13.2. The third kappa shape index (κ3) is 5.28. The molecule has 0 unspecified atom stereocenters. The van der Waals surface area contributed by atoms with Gasteiger partial charge in [-0.05, 0) is 54.4 Å². The monoisotopic (exact) mass is 331 g/mol. The molecule has 0 amide bonds. The first-order valence-corrected chi connectivity index (χ1v) is 6.90. The van der Waals surface area contributed by atoms with Gasteiger partial charge in [-0.1, -0.05) is 6.07 Å². The number of carbonyl (C=O) groups is 1. The number of rotatable bonds is 5. The fourth-order valence-electron chi connectivity index (χ4n) is 1.74. The Labute approximate surface area is 121 Å². The Hall–Kier alpha value is -0.940. The van der Waals surface area contributed by atoms with Gasteiger partial charge >= 0.3 is 5.97 Å². The van der Waals surface area contributed by atoms with Crippen molar-refractivity contribution < 1.29 is 14.3 Å². The van der Waals surface area contributed by atoms with Crippen LogP contribution in [0.1, 0.15) is 32.8 Å². The highest BCUT2D eigenvalue weighted by Gasteiger charge is 2.22. The van der Waals surface area contributed by atoms with E-state index >= 15 is 0 Å². The molecule has 0 aliphatic rings. The van der Waals surface area contributed by atoms with E-state index in [0.717, 1.165) is 5.56 Å². The van der Waals surface area contributed by atoms with Crippen molar-refractivity contribution in [3.63, 3.8) is 0 Å². The van der Waals surface area contributed by atoms with Crippen LogP contribution in [0, 0.1) is 5.82 Å². The van der Waals surface area contributed by atoms with Gasteiger partial charge in [0.05, 0.1) is 10.9 Å². The van der Waals surface area contributed by atoms with Crippen LogP contribution < -0.4 is 0 Å². The summed E-state index contributed by atoms with van der Waals surface area (Å²) in [5.74, 6) is -1.11. The van der Waals surface area contributed by atoms with Gasteiger partial charge in [-0.2, -0.15) is 0 Å². The van der Waals surface area contributed by atoms with Gasteiger partial charge in [0, 0.05) is 18.6 Å². The molecule has 19 heavy (non-hydrogen) atoms. The molecule has 0 aliphatic carbocycles. The molecule has 1 aromatic carbocycles. The highest BCUT2D eigenvalue weighted by atomic mass is 79.9. The fraction of sp³-hybridized carbons (Fsp3) is 0.500. The molecule has 5 heteroatoms. The van der Waals surface area contributed by atoms with Crippen molar-refractivity contribution in [2.45, 2.75) is 39.3 Å². The molecule has 0 saturated heterocycles. The first-order valence-electron chi connectivity index (χ1n) is 6.11. The average Bonchev–Trinajstić information content (AvgIpc) is 2.27. The number of hydrogen-bond donors (Lipinski definition) is 1. The molecule has 3 nitrogen and oxygen atoms in total. The number of carboxylic acid groups (broad SMARTS) is 1. The maximum Gasteiger partial charge on any atom is 0.304 e. The lowest BCUT2D eigenvalue weighted by atomic mass is 10.0. The summed E-state index contributed by atoms with van der Waals surface area (Å²) < 4.78 is 13.6. The molecule has 0 atom stereocenters. The second-order valence-electron chi connectivity index (χ2n) is 5.48. The van der Waals surface area contributed by atoms with Crippen LogP contribution >= 0.6 is 15.9 Å². The fourth-order valence-corrected chi connectivity index (χ4v) is 2.17. The number of aliphatic carboxylic acids is 1. The Morgan fingerprint density at radius 3 is 2.53 bits per heavy atom. The van der Waals surface area contributed by atoms with E-state index in [1.807, 2.05) is 20.8 Å². The van der Waals surface area contributed by atoms with Crippen molar-refractivity contribution in [2.24, 2.45) is 0 Å². The summed E-state index contributed by atoms with van der Waals surface area (Å²) in [5, 5.41) is 8.79. The summed E-state index contributed by atoms with van der Waals surface area (Å²) in [7, 11) is 0. The standard InChI is InChI=1S/C14H19BrFNO2/c1-14(2,3)17(7-6-13(18)19)9-10-4-5-12(16)11(15)8-10/h4-5,8H,6-7,9H2,1-3H3,(H,18,19). The minimum atomic E-state index is -0.811. The van der Waals surface area contributed by atoms with Gasteiger partial charge in [0.2, 0.25) is 0 Å². The zero-order valence-corrected chi connectivity index (χ0v) is 13.0. The van der Waals surface area contributed by atoms with Crippen LogP contribution in [0.2, 0.25) is 0 Å². The summed E-state index contributed by atoms with van der Waals surface area (Å²) in [6, 6.07) is 4.87. The Kier molecular flexibility index (Phi) is 5.50. The van der Waals surface area contributed by atoms with Gasteiger partial charge < -0.3 is 5.11 Å². The third-order valence-corrected chi connectivity index (χ3v) is 3.51. The minimum Gasteiger partial charge on any atom is -0.481 e.